The molecule has 0 aliphatic carbocycles. The molecule has 0 aromatic carbocycles. The van der Waals surface area contributed by atoms with Gasteiger partial charge in [0.2, 0.25) is 0 Å². The molecule has 0 N–H and O–H groups in total. The van der Waals surface area contributed by atoms with Crippen molar-refractivity contribution in [3.05, 3.63) is 24.3 Å². The second-order valence-electron chi connectivity index (χ2n) is 17.8. The van der Waals surface area contributed by atoms with Crippen molar-refractivity contribution >= 4 is 17.9 Å². The van der Waals surface area contributed by atoms with Crippen LogP contribution in [0.4, 0.5) is 0 Å². The van der Waals surface area contributed by atoms with E-state index in [9.17, 15) is 14.4 Å². The first-order valence-corrected chi connectivity index (χ1v) is 26.3. The minimum absolute atomic E-state index is 0.0725. The van der Waals surface area contributed by atoms with Gasteiger partial charge in [-0.2, -0.15) is 0 Å². The average Bonchev–Trinajstić information content (AvgIpc) is 3.24. The first kappa shape index (κ1) is 57.9. The zero-order valence-corrected chi connectivity index (χ0v) is 40.2. The molecule has 0 aromatic rings. The Bertz CT molecular complexity index is 973. The summed E-state index contributed by atoms with van der Waals surface area (Å²) in [6.45, 7) is 6.61. The van der Waals surface area contributed by atoms with Crippen LogP contribution in [-0.2, 0) is 28.6 Å². The Morgan fingerprint density at radius 1 is 0.333 bits per heavy atom. The quantitative estimate of drug-likeness (QED) is 0.0263. The number of allylic oxidation sites excluding steroid dienone is 4. The molecule has 6 heteroatoms. The first-order valence-electron chi connectivity index (χ1n) is 26.3. The normalized spacial score (nSPS) is 12.1. The van der Waals surface area contributed by atoms with E-state index < -0.39 is 6.10 Å². The molecule has 0 radical (unpaired) electrons. The van der Waals surface area contributed by atoms with E-state index in [2.05, 4.69) is 45.1 Å². The highest BCUT2D eigenvalue weighted by atomic mass is 16.6. The smallest absolute Gasteiger partial charge is 0.306 e. The van der Waals surface area contributed by atoms with Gasteiger partial charge in [0, 0.05) is 19.3 Å². The highest BCUT2D eigenvalue weighted by molar-refractivity contribution is 5.71. The van der Waals surface area contributed by atoms with Crippen molar-refractivity contribution in [2.75, 3.05) is 13.2 Å². The number of hydrogen-bond donors (Lipinski definition) is 0. The Hall–Kier alpha value is -2.11. The molecule has 0 spiro atoms. The maximum atomic E-state index is 12.8. The molecular formula is C54H100O6. The van der Waals surface area contributed by atoms with Crippen LogP contribution in [-0.4, -0.2) is 37.2 Å². The summed E-state index contributed by atoms with van der Waals surface area (Å²) in [4.78, 5) is 37.9. The summed E-state index contributed by atoms with van der Waals surface area (Å²) in [5, 5.41) is 0. The lowest BCUT2D eigenvalue weighted by Gasteiger charge is -2.18. The fourth-order valence-corrected chi connectivity index (χ4v) is 7.71. The predicted octanol–water partition coefficient (Wildman–Crippen LogP) is 17.2. The van der Waals surface area contributed by atoms with Crippen molar-refractivity contribution in [1.82, 2.24) is 0 Å². The minimum Gasteiger partial charge on any atom is -0.462 e. The number of hydrogen-bond acceptors (Lipinski definition) is 6. The third-order valence-electron chi connectivity index (χ3n) is 11.7. The van der Waals surface area contributed by atoms with Crippen LogP contribution in [0.5, 0.6) is 0 Å². The third kappa shape index (κ3) is 46.9. The number of unbranched alkanes of at least 4 members (excludes halogenated alkanes) is 33. The number of carbonyl (C=O) groups is 3. The van der Waals surface area contributed by atoms with Crippen molar-refractivity contribution in [3.63, 3.8) is 0 Å². The molecule has 0 fully saturated rings. The molecule has 0 bridgehead atoms. The largest absolute Gasteiger partial charge is 0.462 e. The predicted molar refractivity (Wildman–Crippen MR) is 256 cm³/mol. The fourth-order valence-electron chi connectivity index (χ4n) is 7.71. The molecule has 352 valence electrons. The zero-order chi connectivity index (χ0) is 43.7. The van der Waals surface area contributed by atoms with Gasteiger partial charge in [0.05, 0.1) is 0 Å². The molecule has 0 amide bonds. The topological polar surface area (TPSA) is 78.9 Å². The maximum Gasteiger partial charge on any atom is 0.306 e. The molecule has 0 aromatic heterocycles. The first-order chi connectivity index (χ1) is 29.5. The van der Waals surface area contributed by atoms with Gasteiger partial charge in [-0.3, -0.25) is 14.4 Å². The molecule has 1 unspecified atom stereocenters. The Kier molecular flexibility index (Phi) is 47.8. The summed E-state index contributed by atoms with van der Waals surface area (Å²) in [6.07, 6.45) is 56.0. The van der Waals surface area contributed by atoms with Gasteiger partial charge in [-0.15, -0.1) is 0 Å². The molecule has 0 aliphatic heterocycles. The number of carbonyl (C=O) groups excluding carboxylic acids is 3. The van der Waals surface area contributed by atoms with Crippen LogP contribution < -0.4 is 0 Å². The van der Waals surface area contributed by atoms with Gasteiger partial charge in [-0.1, -0.05) is 238 Å². The lowest BCUT2D eigenvalue weighted by molar-refractivity contribution is -0.167. The molecule has 60 heavy (non-hydrogen) atoms. The second-order valence-corrected chi connectivity index (χ2v) is 17.8. The van der Waals surface area contributed by atoms with Crippen molar-refractivity contribution in [1.29, 1.82) is 0 Å². The van der Waals surface area contributed by atoms with E-state index in [1.54, 1.807) is 0 Å². The Balaban J connectivity index is 4.26. The van der Waals surface area contributed by atoms with Crippen LogP contribution >= 0.6 is 0 Å². The van der Waals surface area contributed by atoms with Crippen molar-refractivity contribution in [2.45, 2.75) is 290 Å². The maximum absolute atomic E-state index is 12.8. The van der Waals surface area contributed by atoms with Gasteiger partial charge in [0.1, 0.15) is 13.2 Å². The highest BCUT2D eigenvalue weighted by Gasteiger charge is 2.19. The summed E-state index contributed by atoms with van der Waals surface area (Å²) >= 11 is 0. The molecule has 0 rings (SSSR count). The number of rotatable bonds is 48. The lowest BCUT2D eigenvalue weighted by atomic mass is 10.0. The van der Waals surface area contributed by atoms with E-state index in [1.807, 2.05) is 0 Å². The molecule has 0 saturated heterocycles. The molecular weight excluding hydrogens is 745 g/mol. The summed E-state index contributed by atoms with van der Waals surface area (Å²) in [5.41, 5.74) is 0. The van der Waals surface area contributed by atoms with Crippen LogP contribution in [0, 0.1) is 0 Å². The van der Waals surface area contributed by atoms with Crippen LogP contribution in [0.3, 0.4) is 0 Å². The SMILES string of the molecule is CCCCCC/C=C\C/C=C\CCCCCCCC(=O)OC(COC(=O)CCCCCCCCCC)COC(=O)CCCCCCCCCCCCCCCCCCCC. The minimum atomic E-state index is -0.771. The summed E-state index contributed by atoms with van der Waals surface area (Å²) < 4.78 is 16.8. The van der Waals surface area contributed by atoms with Crippen LogP contribution in [0.15, 0.2) is 24.3 Å². The Labute approximate surface area is 373 Å². The summed E-state index contributed by atoms with van der Waals surface area (Å²) in [6, 6.07) is 0. The number of esters is 3. The van der Waals surface area contributed by atoms with Gasteiger partial charge in [-0.25, -0.2) is 0 Å². The molecule has 0 saturated carbocycles. The summed E-state index contributed by atoms with van der Waals surface area (Å²) in [5.74, 6) is -0.877. The van der Waals surface area contributed by atoms with Gasteiger partial charge in [-0.05, 0) is 51.4 Å². The van der Waals surface area contributed by atoms with E-state index in [-0.39, 0.29) is 31.1 Å². The van der Waals surface area contributed by atoms with Crippen LogP contribution in [0.1, 0.15) is 284 Å². The standard InChI is InChI=1S/C54H100O6/c1-4-7-10-13-16-19-21-23-25-27-28-30-31-33-35-38-41-44-47-53(56)59-50-51(49-58-52(55)46-43-40-37-18-15-12-9-6-3)60-54(57)48-45-42-39-36-34-32-29-26-24-22-20-17-14-11-8-5-2/h20,22,26,29,51H,4-19,21,23-25,27-28,30-50H2,1-3H3/b22-20-,29-26-. The van der Waals surface area contributed by atoms with Gasteiger partial charge >= 0.3 is 17.9 Å². The molecule has 6 nitrogen and oxygen atoms in total. The fraction of sp³-hybridized carbons (Fsp3) is 0.870. The van der Waals surface area contributed by atoms with Crippen molar-refractivity contribution < 1.29 is 28.6 Å². The molecule has 0 aliphatic rings. The average molecular weight is 845 g/mol. The van der Waals surface area contributed by atoms with Crippen molar-refractivity contribution in [2.24, 2.45) is 0 Å². The van der Waals surface area contributed by atoms with Crippen LogP contribution in [0.2, 0.25) is 0 Å². The highest BCUT2D eigenvalue weighted by Crippen LogP contribution is 2.16. The Morgan fingerprint density at radius 2 is 0.600 bits per heavy atom. The monoisotopic (exact) mass is 845 g/mol. The second kappa shape index (κ2) is 49.5. The van der Waals surface area contributed by atoms with E-state index in [4.69, 9.17) is 14.2 Å². The summed E-state index contributed by atoms with van der Waals surface area (Å²) in [7, 11) is 0. The van der Waals surface area contributed by atoms with Gasteiger partial charge < -0.3 is 14.2 Å². The lowest BCUT2D eigenvalue weighted by Crippen LogP contribution is -2.30. The van der Waals surface area contributed by atoms with E-state index in [1.165, 1.54) is 167 Å². The third-order valence-corrected chi connectivity index (χ3v) is 11.7. The van der Waals surface area contributed by atoms with Crippen molar-refractivity contribution in [3.8, 4) is 0 Å². The van der Waals surface area contributed by atoms with Gasteiger partial charge in [0.25, 0.3) is 0 Å². The van der Waals surface area contributed by atoms with Crippen LogP contribution in [0.25, 0.3) is 0 Å². The van der Waals surface area contributed by atoms with E-state index in [0.717, 1.165) is 77.0 Å². The Morgan fingerprint density at radius 3 is 0.933 bits per heavy atom. The van der Waals surface area contributed by atoms with Gasteiger partial charge in [0.15, 0.2) is 6.10 Å². The van der Waals surface area contributed by atoms with E-state index >= 15 is 0 Å². The number of ether oxygens (including phenoxy) is 3. The molecule has 1 atom stereocenters. The molecule has 0 heterocycles. The van der Waals surface area contributed by atoms with E-state index in [0.29, 0.717) is 19.3 Å². The zero-order valence-electron chi connectivity index (χ0n) is 40.2.